The summed E-state index contributed by atoms with van der Waals surface area (Å²) < 4.78 is 17.0. The Balaban J connectivity index is 4.33. The van der Waals surface area contributed by atoms with E-state index in [9.17, 15) is 14.4 Å². The summed E-state index contributed by atoms with van der Waals surface area (Å²) in [5.41, 5.74) is 0. The molecule has 0 aliphatic rings. The predicted octanol–water partition coefficient (Wildman–Crippen LogP) is 22.2. The van der Waals surface area contributed by atoms with Crippen LogP contribution in [0.1, 0.15) is 367 Å². The lowest BCUT2D eigenvalue weighted by molar-refractivity contribution is -0.167. The van der Waals surface area contributed by atoms with Crippen molar-refractivity contribution in [3.63, 3.8) is 0 Å². The first-order valence-electron chi connectivity index (χ1n) is 32.8. The zero-order chi connectivity index (χ0) is 52.9. The molecule has 0 aromatic heterocycles. The van der Waals surface area contributed by atoms with E-state index >= 15 is 0 Å². The van der Waals surface area contributed by atoms with Gasteiger partial charge in [-0.1, -0.05) is 302 Å². The Morgan fingerprint density at radius 1 is 0.260 bits per heavy atom. The number of unbranched alkanes of at least 4 members (excludes halogenated alkanes) is 46. The summed E-state index contributed by atoms with van der Waals surface area (Å²) in [5, 5.41) is 0. The van der Waals surface area contributed by atoms with Gasteiger partial charge in [-0.25, -0.2) is 0 Å². The molecule has 0 aromatic rings. The van der Waals surface area contributed by atoms with E-state index < -0.39 is 6.10 Å². The number of rotatable bonds is 61. The zero-order valence-electron chi connectivity index (χ0n) is 49.4. The first-order valence-corrected chi connectivity index (χ1v) is 32.8. The van der Waals surface area contributed by atoms with Crippen LogP contribution >= 0.6 is 0 Å². The second-order valence-corrected chi connectivity index (χ2v) is 22.4. The van der Waals surface area contributed by atoms with Crippen LogP contribution in [-0.2, 0) is 28.6 Å². The van der Waals surface area contributed by atoms with Crippen LogP contribution in [0.4, 0.5) is 0 Å². The number of esters is 3. The van der Waals surface area contributed by atoms with E-state index in [1.165, 1.54) is 270 Å². The summed E-state index contributed by atoms with van der Waals surface area (Å²) in [6.45, 7) is 6.70. The van der Waals surface area contributed by atoms with Crippen molar-refractivity contribution >= 4 is 17.9 Å². The Morgan fingerprint density at radius 2 is 0.452 bits per heavy atom. The maximum Gasteiger partial charge on any atom is 0.306 e. The summed E-state index contributed by atoms with van der Waals surface area (Å²) in [7, 11) is 0. The molecule has 0 spiro atoms. The minimum absolute atomic E-state index is 0.0699. The molecule has 73 heavy (non-hydrogen) atoms. The summed E-state index contributed by atoms with van der Waals surface area (Å²) >= 11 is 0. The van der Waals surface area contributed by atoms with E-state index in [1.807, 2.05) is 0 Å². The third-order valence-electron chi connectivity index (χ3n) is 14.9. The van der Waals surface area contributed by atoms with Crippen LogP contribution in [0.2, 0.25) is 0 Å². The molecule has 0 bridgehead atoms. The molecule has 0 fully saturated rings. The van der Waals surface area contributed by atoms with Crippen molar-refractivity contribution in [1.29, 1.82) is 0 Å². The van der Waals surface area contributed by atoms with Crippen molar-refractivity contribution in [1.82, 2.24) is 0 Å². The largest absolute Gasteiger partial charge is 0.462 e. The van der Waals surface area contributed by atoms with Crippen LogP contribution in [0, 0.1) is 0 Å². The molecular weight excluding hydrogens is 901 g/mol. The summed E-state index contributed by atoms with van der Waals surface area (Å²) in [5.74, 6) is -0.850. The maximum atomic E-state index is 12.9. The van der Waals surface area contributed by atoms with Gasteiger partial charge in [-0.2, -0.15) is 0 Å². The molecule has 1 atom stereocenters. The molecule has 0 heterocycles. The molecule has 0 radical (unpaired) electrons. The van der Waals surface area contributed by atoms with Gasteiger partial charge < -0.3 is 14.2 Å². The van der Waals surface area contributed by atoms with E-state index in [1.54, 1.807) is 0 Å². The number of hydrogen-bond donors (Lipinski definition) is 0. The fraction of sp³-hybridized carbons (Fsp3) is 0.896. The monoisotopic (exact) mass is 1030 g/mol. The average Bonchev–Trinajstić information content (AvgIpc) is 3.39. The van der Waals surface area contributed by atoms with Gasteiger partial charge in [0.15, 0.2) is 6.10 Å². The number of carbonyl (C=O) groups excluding carboxylic acids is 3. The quantitative estimate of drug-likeness (QED) is 0.0261. The van der Waals surface area contributed by atoms with Gasteiger partial charge >= 0.3 is 17.9 Å². The maximum absolute atomic E-state index is 12.9. The fourth-order valence-electron chi connectivity index (χ4n) is 9.97. The number of ether oxygens (including phenoxy) is 3. The van der Waals surface area contributed by atoms with Crippen LogP contribution in [0.25, 0.3) is 0 Å². The Bertz CT molecular complexity index is 1180. The van der Waals surface area contributed by atoms with E-state index in [2.05, 4.69) is 45.1 Å². The average molecular weight is 1030 g/mol. The van der Waals surface area contributed by atoms with Gasteiger partial charge in [0.2, 0.25) is 0 Å². The van der Waals surface area contributed by atoms with Crippen molar-refractivity contribution in [2.45, 2.75) is 374 Å². The molecule has 0 amide bonds. The molecule has 0 rings (SSSR count). The van der Waals surface area contributed by atoms with Crippen LogP contribution in [-0.4, -0.2) is 37.2 Å². The smallest absolute Gasteiger partial charge is 0.306 e. The van der Waals surface area contributed by atoms with Gasteiger partial charge in [-0.3, -0.25) is 14.4 Å². The minimum Gasteiger partial charge on any atom is -0.462 e. The van der Waals surface area contributed by atoms with Gasteiger partial charge in [0.1, 0.15) is 13.2 Å². The molecule has 0 saturated heterocycles. The predicted molar refractivity (Wildman–Crippen MR) is 316 cm³/mol. The molecule has 0 aliphatic heterocycles. The number of allylic oxidation sites excluding steroid dienone is 4. The van der Waals surface area contributed by atoms with Crippen LogP contribution in [0.3, 0.4) is 0 Å². The molecular formula is C67H126O6. The number of hydrogen-bond acceptors (Lipinski definition) is 6. The third-order valence-corrected chi connectivity index (χ3v) is 14.9. The standard InChI is InChI=1S/C67H126O6/c1-4-7-10-13-16-19-22-25-28-31-33-36-39-42-45-48-51-54-57-60-66(69)72-63-64(62-71-65(68)59-56-53-50-47-44-41-38-35-30-27-24-21-18-15-12-9-6-3)73-67(70)61-58-55-52-49-46-43-40-37-34-32-29-26-23-20-17-14-11-8-5-2/h27,30-31,33,64H,4-26,28-29,32,34-63H2,1-3H3/b30-27-,33-31-. The summed E-state index contributed by atoms with van der Waals surface area (Å²) in [6, 6.07) is 0. The highest BCUT2D eigenvalue weighted by molar-refractivity contribution is 5.71. The normalized spacial score (nSPS) is 12.1. The Labute approximate surface area is 455 Å². The molecule has 0 aliphatic carbocycles. The van der Waals surface area contributed by atoms with Gasteiger partial charge in [0.05, 0.1) is 0 Å². The van der Waals surface area contributed by atoms with Crippen molar-refractivity contribution in [2.24, 2.45) is 0 Å². The molecule has 430 valence electrons. The van der Waals surface area contributed by atoms with E-state index in [0.717, 1.165) is 57.8 Å². The van der Waals surface area contributed by atoms with Gasteiger partial charge in [-0.05, 0) is 70.6 Å². The van der Waals surface area contributed by atoms with E-state index in [-0.39, 0.29) is 31.1 Å². The van der Waals surface area contributed by atoms with E-state index in [0.29, 0.717) is 19.3 Å². The van der Waals surface area contributed by atoms with Crippen molar-refractivity contribution in [3.8, 4) is 0 Å². The highest BCUT2D eigenvalue weighted by Crippen LogP contribution is 2.18. The lowest BCUT2D eigenvalue weighted by Gasteiger charge is -2.18. The highest BCUT2D eigenvalue weighted by Gasteiger charge is 2.19. The van der Waals surface area contributed by atoms with Crippen molar-refractivity contribution < 1.29 is 28.6 Å². The fourth-order valence-corrected chi connectivity index (χ4v) is 9.97. The second-order valence-electron chi connectivity index (χ2n) is 22.4. The van der Waals surface area contributed by atoms with Gasteiger partial charge in [0.25, 0.3) is 0 Å². The minimum atomic E-state index is -0.772. The van der Waals surface area contributed by atoms with E-state index in [4.69, 9.17) is 14.2 Å². The molecule has 6 heteroatoms. The topological polar surface area (TPSA) is 78.9 Å². The second kappa shape index (κ2) is 62.4. The SMILES string of the molecule is CCCCCCCC/C=C\CCCCCCCCCC(=O)OCC(COC(=O)CCCCCCCCC/C=C\CCCCCCCCCC)OC(=O)CCCCCCCCCCCCCCCCCCCCC. The first kappa shape index (κ1) is 70.9. The zero-order valence-corrected chi connectivity index (χ0v) is 49.4. The molecule has 0 saturated carbocycles. The Hall–Kier alpha value is -2.11. The lowest BCUT2D eigenvalue weighted by Crippen LogP contribution is -2.30. The Morgan fingerprint density at radius 3 is 0.685 bits per heavy atom. The van der Waals surface area contributed by atoms with Gasteiger partial charge in [-0.15, -0.1) is 0 Å². The molecule has 6 nitrogen and oxygen atoms in total. The third kappa shape index (κ3) is 60.6. The van der Waals surface area contributed by atoms with Gasteiger partial charge in [0, 0.05) is 19.3 Å². The summed E-state index contributed by atoms with van der Waals surface area (Å²) in [4.78, 5) is 38.4. The van der Waals surface area contributed by atoms with Crippen molar-refractivity contribution in [2.75, 3.05) is 13.2 Å². The highest BCUT2D eigenvalue weighted by atomic mass is 16.6. The number of carbonyl (C=O) groups is 3. The van der Waals surface area contributed by atoms with Crippen LogP contribution < -0.4 is 0 Å². The molecule has 0 N–H and O–H groups in total. The molecule has 0 aromatic carbocycles. The van der Waals surface area contributed by atoms with Crippen LogP contribution in [0.15, 0.2) is 24.3 Å². The molecule has 1 unspecified atom stereocenters. The summed E-state index contributed by atoms with van der Waals surface area (Å²) in [6.07, 6.45) is 74.7. The Kier molecular flexibility index (Phi) is 60.6. The van der Waals surface area contributed by atoms with Crippen LogP contribution in [0.5, 0.6) is 0 Å². The first-order chi connectivity index (χ1) is 36.0. The lowest BCUT2D eigenvalue weighted by atomic mass is 10.0. The van der Waals surface area contributed by atoms with Crippen molar-refractivity contribution in [3.05, 3.63) is 24.3 Å².